The van der Waals surface area contributed by atoms with Crippen molar-refractivity contribution in [1.82, 2.24) is 0 Å². The van der Waals surface area contributed by atoms with E-state index in [0.29, 0.717) is 0 Å². The van der Waals surface area contributed by atoms with Gasteiger partial charge in [-0.1, -0.05) is 0 Å². The Hall–Kier alpha value is 0.516. The van der Waals surface area contributed by atoms with Crippen LogP contribution in [0.4, 0.5) is 7.00 Å². The van der Waals surface area contributed by atoms with Crippen molar-refractivity contribution in [2.45, 2.75) is 59.9 Å². The Bertz CT molecular complexity index is 247. The van der Waals surface area contributed by atoms with E-state index in [1.807, 2.05) is 0 Å². The van der Waals surface area contributed by atoms with Crippen LogP contribution in [0.1, 0.15) is 41.5 Å². The van der Waals surface area contributed by atoms with Gasteiger partial charge in [-0.05, 0) is 41.5 Å². The molecule has 0 saturated carbocycles. The van der Waals surface area contributed by atoms with Crippen molar-refractivity contribution >= 4 is 19.7 Å². The second-order valence-corrected chi connectivity index (χ2v) is 7.46. The van der Waals surface area contributed by atoms with Crippen LogP contribution in [0.5, 0.6) is 0 Å². The first-order valence-corrected chi connectivity index (χ1v) is 9.58. The molecule has 1 aromatic rings. The van der Waals surface area contributed by atoms with E-state index >= 15 is 0 Å². The molecular formula is C14H29F2GeO3Zr-. The smallest absolute Gasteiger partial charge is 0 e. The summed E-state index contributed by atoms with van der Waals surface area (Å²) in [4.78, 5) is 0. The van der Waals surface area contributed by atoms with Crippen LogP contribution in [0.2, 0.25) is 0 Å². The third kappa shape index (κ3) is 53.0. The Morgan fingerprint density at radius 1 is 0.762 bits per heavy atom. The van der Waals surface area contributed by atoms with Gasteiger partial charge in [-0.15, -0.1) is 0 Å². The number of halogens is 2. The summed E-state index contributed by atoms with van der Waals surface area (Å²) >= 11 is -3.89. The van der Waals surface area contributed by atoms with Gasteiger partial charge in [0, 0.05) is 44.5 Å². The van der Waals surface area contributed by atoms with Crippen LogP contribution in [-0.4, -0.2) is 48.9 Å². The number of aliphatic hydroxyl groups is 3. The van der Waals surface area contributed by atoms with E-state index in [0.717, 1.165) is 0 Å². The maximum absolute atomic E-state index is 11.8. The minimum absolute atomic E-state index is 0. The van der Waals surface area contributed by atoms with Gasteiger partial charge in [0.15, 0.2) is 0 Å². The predicted octanol–water partition coefficient (Wildman–Crippen LogP) is 1.93. The van der Waals surface area contributed by atoms with Gasteiger partial charge in [-0.2, -0.15) is 0 Å². The van der Waals surface area contributed by atoms with Crippen molar-refractivity contribution in [1.29, 1.82) is 0 Å². The first-order valence-electron chi connectivity index (χ1n) is 6.54. The third-order valence-electron chi connectivity index (χ3n) is 0.940. The molecule has 0 atom stereocenters. The van der Waals surface area contributed by atoms with E-state index in [-0.39, 0.29) is 48.9 Å². The minimum atomic E-state index is -3.89. The van der Waals surface area contributed by atoms with Gasteiger partial charge in [0.1, 0.15) is 0 Å². The second-order valence-electron chi connectivity index (χ2n) is 4.80. The Balaban J connectivity index is -0.0000000973. The molecule has 1 aromatic carbocycles. The van der Waals surface area contributed by atoms with E-state index in [2.05, 4.69) is 0 Å². The molecule has 0 radical (unpaired) electrons. The Morgan fingerprint density at radius 2 is 0.952 bits per heavy atom. The van der Waals surface area contributed by atoms with E-state index in [1.54, 1.807) is 53.7 Å². The van der Waals surface area contributed by atoms with Crippen LogP contribution in [0.15, 0.2) is 24.3 Å². The summed E-state index contributed by atoms with van der Waals surface area (Å²) in [5.41, 5.74) is 0. The normalized spacial score (nSPS) is 9.10. The molecule has 0 aliphatic heterocycles. The van der Waals surface area contributed by atoms with Crippen molar-refractivity contribution in [3.05, 3.63) is 24.3 Å². The molecule has 0 unspecified atom stereocenters. The van der Waals surface area contributed by atoms with Gasteiger partial charge < -0.3 is 15.3 Å². The first-order chi connectivity index (χ1) is 9.00. The molecule has 0 fully saturated rings. The standard InChI is InChI=1S/C5H5F2Ge.3C3H8O.Zr/c6-8(7)5-3-1-2-4-5;3*1-3(2)4;/h1-4,8H;3*3-4H,1-2H3;/q-1;;;;. The molecule has 0 bridgehead atoms. The molecule has 7 heteroatoms. The summed E-state index contributed by atoms with van der Waals surface area (Å²) in [7, 11) is 0. The van der Waals surface area contributed by atoms with Crippen LogP contribution in [0.25, 0.3) is 0 Å². The molecule has 126 valence electrons. The van der Waals surface area contributed by atoms with Crippen molar-refractivity contribution < 1.29 is 48.5 Å². The van der Waals surface area contributed by atoms with Gasteiger partial charge in [-0.25, -0.2) is 0 Å². The quantitative estimate of drug-likeness (QED) is 0.456. The third-order valence-corrected chi connectivity index (χ3v) is 2.81. The monoisotopic (exact) mass is 447 g/mol. The van der Waals surface area contributed by atoms with Crippen LogP contribution >= 0.6 is 0 Å². The molecule has 0 aliphatic carbocycles. The largest absolute Gasteiger partial charge is 0 e. The molecule has 0 aliphatic rings. The summed E-state index contributed by atoms with van der Waals surface area (Å²) in [6.45, 7) is 10.3. The van der Waals surface area contributed by atoms with Crippen LogP contribution in [-0.2, 0) is 26.2 Å². The maximum atomic E-state index is 11.8. The Kier molecular flexibility index (Phi) is 28.8. The van der Waals surface area contributed by atoms with Crippen molar-refractivity contribution in [2.24, 2.45) is 0 Å². The molecule has 3 nitrogen and oxygen atoms in total. The van der Waals surface area contributed by atoms with Crippen molar-refractivity contribution in [3.63, 3.8) is 0 Å². The summed E-state index contributed by atoms with van der Waals surface area (Å²) in [6, 6.07) is 6.27. The number of aliphatic hydroxyl groups excluding tert-OH is 3. The molecule has 3 N–H and O–H groups in total. The fraction of sp³-hybridized carbons (Fsp3) is 0.643. The second kappa shape index (κ2) is 20.5. The van der Waals surface area contributed by atoms with Gasteiger partial charge in [-0.3, -0.25) is 0 Å². The average Bonchev–Trinajstić information content (AvgIpc) is 2.66. The van der Waals surface area contributed by atoms with E-state index in [4.69, 9.17) is 15.3 Å². The SMILES string of the molecule is CC(C)O.CC(C)O.CC(C)O.[F][GeH]([F])[c-]1cccc1.[Zr]. The van der Waals surface area contributed by atoms with E-state index < -0.39 is 15.3 Å². The molecular weight excluding hydrogens is 418 g/mol. The molecule has 1 rings (SSSR count). The maximum Gasteiger partial charge on any atom is 0 e. The Morgan fingerprint density at radius 3 is 1.05 bits per heavy atom. The molecule has 0 heterocycles. The van der Waals surface area contributed by atoms with Crippen molar-refractivity contribution in [3.8, 4) is 0 Å². The van der Waals surface area contributed by atoms with Crippen LogP contribution in [0, 0.1) is 0 Å². The average molecular weight is 447 g/mol. The summed E-state index contributed by atoms with van der Waals surface area (Å²) < 4.78 is 23.9. The van der Waals surface area contributed by atoms with Crippen LogP contribution < -0.4 is 4.40 Å². The number of hydrogen-bond donors (Lipinski definition) is 3. The fourth-order valence-electron chi connectivity index (χ4n) is 0.534. The van der Waals surface area contributed by atoms with E-state index in [1.165, 1.54) is 12.1 Å². The van der Waals surface area contributed by atoms with Gasteiger partial charge >= 0.3 is 50.9 Å². The van der Waals surface area contributed by atoms with Gasteiger partial charge in [0.05, 0.1) is 0 Å². The summed E-state index contributed by atoms with van der Waals surface area (Å²) in [6.07, 6.45) is -0.500. The minimum Gasteiger partial charge on any atom is 0 e. The fourth-order valence-corrected chi connectivity index (χ4v) is 1.61. The number of hydrogen-bond acceptors (Lipinski definition) is 3. The zero-order valence-electron chi connectivity index (χ0n) is 13.7. The topological polar surface area (TPSA) is 60.7 Å². The van der Waals surface area contributed by atoms with Gasteiger partial charge in [0.25, 0.3) is 0 Å². The zero-order chi connectivity index (χ0) is 16.7. The molecule has 0 aromatic heterocycles. The summed E-state index contributed by atoms with van der Waals surface area (Å²) in [5.74, 6) is 0. The van der Waals surface area contributed by atoms with E-state index in [9.17, 15) is 7.00 Å². The summed E-state index contributed by atoms with van der Waals surface area (Å²) in [5, 5.41) is 24.2. The van der Waals surface area contributed by atoms with Crippen LogP contribution in [0.3, 0.4) is 0 Å². The Labute approximate surface area is 152 Å². The molecule has 0 spiro atoms. The van der Waals surface area contributed by atoms with Gasteiger partial charge in [0.2, 0.25) is 0 Å². The van der Waals surface area contributed by atoms with Crippen molar-refractivity contribution in [2.75, 3.05) is 0 Å². The molecule has 0 saturated heterocycles. The zero-order valence-corrected chi connectivity index (χ0v) is 18.6. The number of rotatable bonds is 1. The molecule has 0 amide bonds. The predicted molar refractivity (Wildman–Crippen MR) is 83.1 cm³/mol. The first kappa shape index (κ1) is 29.5. The molecule has 21 heavy (non-hydrogen) atoms.